The number of fused-ring (bicyclic) bond motifs is 2. The topological polar surface area (TPSA) is 38.3 Å². The Morgan fingerprint density at radius 2 is 1.52 bits per heavy atom. The summed E-state index contributed by atoms with van der Waals surface area (Å²) in [7, 11) is 0. The van der Waals surface area contributed by atoms with Gasteiger partial charge in [-0.2, -0.15) is 12.8 Å². The van der Waals surface area contributed by atoms with Crippen LogP contribution in [0.25, 0.3) is 0 Å². The minimum Gasteiger partial charge on any atom is -0.457 e. The van der Waals surface area contributed by atoms with Crippen LogP contribution in [0, 0.1) is 12.3 Å². The van der Waals surface area contributed by atoms with E-state index < -0.39 is 0 Å². The van der Waals surface area contributed by atoms with Gasteiger partial charge < -0.3 is 16.5 Å². The van der Waals surface area contributed by atoms with Crippen molar-refractivity contribution in [2.75, 3.05) is 5.32 Å². The molecule has 2 aliphatic rings. The Hall–Kier alpha value is -2.07. The van der Waals surface area contributed by atoms with Crippen molar-refractivity contribution in [3.63, 3.8) is 0 Å². The van der Waals surface area contributed by atoms with Crippen LogP contribution in [0.5, 0.6) is 11.5 Å². The third-order valence-electron chi connectivity index (χ3n) is 8.48. The van der Waals surface area contributed by atoms with E-state index in [1.54, 1.807) is 0 Å². The molecule has 0 saturated heterocycles. The van der Waals surface area contributed by atoms with Crippen molar-refractivity contribution in [3.8, 4) is 11.5 Å². The molecule has 3 nitrogen and oxygen atoms in total. The minimum atomic E-state index is -0.0648. The molecule has 3 aromatic rings. The number of hydrogen-bond acceptors (Lipinski definition) is 2. The second-order valence-corrected chi connectivity index (χ2v) is 12.5. The molecule has 0 aromatic heterocycles. The van der Waals surface area contributed by atoms with E-state index in [1.165, 1.54) is 56.1 Å². The van der Waals surface area contributed by atoms with Crippen LogP contribution < -0.4 is 39.6 Å². The Morgan fingerprint density at radius 1 is 0.900 bits per heavy atom. The van der Waals surface area contributed by atoms with Gasteiger partial charge in [0.15, 0.2) is 0 Å². The van der Waals surface area contributed by atoms with Crippen molar-refractivity contribution in [3.05, 3.63) is 95.4 Å². The fourth-order valence-corrected chi connectivity index (χ4v) is 6.34. The Bertz CT molecular complexity index is 1220. The second-order valence-electron chi connectivity index (χ2n) is 12.5. The molecule has 1 amide bonds. The van der Waals surface area contributed by atoms with Crippen LogP contribution >= 0.6 is 0 Å². The van der Waals surface area contributed by atoms with Crippen molar-refractivity contribution in [2.24, 2.45) is 5.92 Å². The summed E-state index contributed by atoms with van der Waals surface area (Å²) in [6, 6.07) is 22.8. The smallest absolute Gasteiger partial charge is 0.457 e. The van der Waals surface area contributed by atoms with Crippen LogP contribution in [0.4, 0.5) is 5.69 Å². The molecule has 1 aliphatic heterocycles. The third-order valence-corrected chi connectivity index (χ3v) is 8.48. The molecular formula is C36H44NNaO2. The largest absolute Gasteiger partial charge is 1.00 e. The van der Waals surface area contributed by atoms with Gasteiger partial charge in [0.1, 0.15) is 11.5 Å². The Morgan fingerprint density at radius 3 is 2.15 bits per heavy atom. The number of rotatable bonds is 8. The number of carbonyl (C=O) groups is 1. The number of ether oxygens (including phenoxy) is 1. The van der Waals surface area contributed by atoms with Gasteiger partial charge in [-0.25, -0.2) is 0 Å². The van der Waals surface area contributed by atoms with E-state index in [0.29, 0.717) is 6.42 Å². The van der Waals surface area contributed by atoms with Crippen molar-refractivity contribution in [1.29, 1.82) is 0 Å². The number of aryl methyl sites for hydroxylation is 1. The average molecular weight is 546 g/mol. The molecule has 0 bridgehead atoms. The molecule has 0 spiro atoms. The van der Waals surface area contributed by atoms with Gasteiger partial charge in [-0.05, 0) is 34.7 Å². The van der Waals surface area contributed by atoms with E-state index in [0.717, 1.165) is 47.1 Å². The van der Waals surface area contributed by atoms with Gasteiger partial charge in [-0.1, -0.05) is 120 Å². The Balaban J connectivity index is 0.00000370. The molecule has 1 heterocycles. The molecule has 1 aliphatic carbocycles. The van der Waals surface area contributed by atoms with E-state index in [2.05, 4.69) is 62.8 Å². The number of nitrogens with one attached hydrogen (secondary N) is 1. The zero-order chi connectivity index (χ0) is 27.2. The first-order chi connectivity index (χ1) is 18.9. The van der Waals surface area contributed by atoms with Crippen LogP contribution in [-0.4, -0.2) is 5.91 Å². The molecule has 4 heteroatoms. The predicted octanol–water partition coefficient (Wildman–Crippen LogP) is 6.75. The van der Waals surface area contributed by atoms with Gasteiger partial charge in [-0.15, -0.1) is 0 Å². The number of unbranched alkanes of at least 4 members (excludes halogenated alkanes) is 1. The minimum absolute atomic E-state index is 0. The number of anilines is 1. The van der Waals surface area contributed by atoms with E-state index in [4.69, 9.17) is 4.74 Å². The van der Waals surface area contributed by atoms with Gasteiger partial charge in [0.25, 0.3) is 0 Å². The van der Waals surface area contributed by atoms with Gasteiger partial charge in [0.05, 0.1) is 0 Å². The van der Waals surface area contributed by atoms with Crippen LogP contribution in [0.1, 0.15) is 107 Å². The zero-order valence-corrected chi connectivity index (χ0v) is 27.0. The Kier molecular flexibility index (Phi) is 11.0. The van der Waals surface area contributed by atoms with Crippen molar-refractivity contribution in [2.45, 2.75) is 96.3 Å². The standard InChI is InChI=1S/C36H44NO2.Na/c1-36(2,3)31-23-22-27(17-9-8-16-26-14-6-4-5-7-15-26)24-32(31)37-35(38)25-30-28-18-10-12-20-33(28)39-34-21-13-11-19-29(30)34;/h8,10-13,18-24,26,30H,4-7,9,14-17,25H2,1-3H3,(H,37,38);/q-1;+1. The summed E-state index contributed by atoms with van der Waals surface area (Å²) in [6.45, 7) is 6.63. The summed E-state index contributed by atoms with van der Waals surface area (Å²) in [5.74, 6) is 2.56. The number of hydrogen-bond donors (Lipinski definition) is 1. The maximum Gasteiger partial charge on any atom is 1.00 e. The monoisotopic (exact) mass is 545 g/mol. The van der Waals surface area contributed by atoms with E-state index in [1.807, 2.05) is 36.4 Å². The fourth-order valence-electron chi connectivity index (χ4n) is 6.34. The molecule has 1 fully saturated rings. The maximum absolute atomic E-state index is 13.6. The number of amides is 1. The average Bonchev–Trinajstić information content (AvgIpc) is 3.19. The summed E-state index contributed by atoms with van der Waals surface area (Å²) in [4.78, 5) is 13.6. The molecule has 40 heavy (non-hydrogen) atoms. The summed E-state index contributed by atoms with van der Waals surface area (Å²) in [5, 5.41) is 3.33. The predicted molar refractivity (Wildman–Crippen MR) is 162 cm³/mol. The van der Waals surface area contributed by atoms with Gasteiger partial charge in [0.2, 0.25) is 5.91 Å². The molecule has 5 rings (SSSR count). The zero-order valence-electron chi connectivity index (χ0n) is 25.0. The van der Waals surface area contributed by atoms with Crippen molar-refractivity contribution >= 4 is 11.6 Å². The van der Waals surface area contributed by atoms with Gasteiger partial charge in [-0.3, -0.25) is 4.79 Å². The third kappa shape index (κ3) is 7.81. The quantitative estimate of drug-likeness (QED) is 0.147. The van der Waals surface area contributed by atoms with Crippen LogP contribution in [-0.2, 0) is 16.6 Å². The maximum atomic E-state index is 13.6. The second kappa shape index (κ2) is 14.2. The molecule has 0 atom stereocenters. The number of carbonyl (C=O) groups excluding carboxylic acids is 1. The Labute approximate surface area is 263 Å². The van der Waals surface area contributed by atoms with Crippen molar-refractivity contribution < 1.29 is 39.1 Å². The molecule has 1 saturated carbocycles. The molecule has 3 aromatic carbocycles. The fraction of sp³-hybridized carbons (Fsp3) is 0.444. The molecule has 1 N–H and O–H groups in total. The number of para-hydroxylation sites is 2. The summed E-state index contributed by atoms with van der Waals surface area (Å²) < 4.78 is 6.14. The molecule has 0 unspecified atom stereocenters. The van der Waals surface area contributed by atoms with Crippen LogP contribution in [0.3, 0.4) is 0 Å². The first-order valence-electron chi connectivity index (χ1n) is 15.0. The van der Waals surface area contributed by atoms with Gasteiger partial charge in [0, 0.05) is 29.2 Å². The van der Waals surface area contributed by atoms with Crippen molar-refractivity contribution in [1.82, 2.24) is 0 Å². The summed E-state index contributed by atoms with van der Waals surface area (Å²) in [6.07, 6.45) is 14.7. The normalized spacial score (nSPS) is 15.7. The molecule has 206 valence electrons. The van der Waals surface area contributed by atoms with E-state index in [9.17, 15) is 4.79 Å². The SMILES string of the molecule is CC(C)(C)c1ccc(CC[CH-]CC2CCCCCC2)cc1NC(=O)CC1c2ccccc2Oc2ccccc21.[Na+]. The first-order valence-corrected chi connectivity index (χ1v) is 15.0. The number of benzene rings is 3. The van der Waals surface area contributed by atoms with Crippen LogP contribution in [0.15, 0.2) is 66.7 Å². The first kappa shape index (κ1) is 30.9. The molecular weight excluding hydrogens is 501 g/mol. The summed E-state index contributed by atoms with van der Waals surface area (Å²) >= 11 is 0. The van der Waals surface area contributed by atoms with Gasteiger partial charge >= 0.3 is 29.6 Å². The molecule has 0 radical (unpaired) electrons. The summed E-state index contributed by atoms with van der Waals surface area (Å²) in [5.41, 5.74) is 5.49. The van der Waals surface area contributed by atoms with Crippen LogP contribution in [0.2, 0.25) is 0 Å². The van der Waals surface area contributed by atoms with E-state index in [-0.39, 0.29) is 46.8 Å². The van der Waals surface area contributed by atoms with E-state index >= 15 is 0 Å².